The molecule has 1 amide bonds. The van der Waals surface area contributed by atoms with E-state index in [1.165, 1.54) is 0 Å². The highest BCUT2D eigenvalue weighted by molar-refractivity contribution is 6.31. The molecule has 2 N–H and O–H groups in total. The standard InChI is InChI=1S/C16H21ClN2O2/c1-5-9-18-16(20)12(4)21-15-8-6-7-14(17)13(15)10-19-11(2)3/h1,6-8,11-12,19H,9-10H2,2-4H3,(H,18,20). The number of nitrogens with one attached hydrogen (secondary N) is 2. The Bertz CT molecular complexity index is 523. The molecule has 0 aliphatic carbocycles. The first-order chi connectivity index (χ1) is 9.95. The molecule has 0 saturated heterocycles. The number of terminal acetylenes is 1. The van der Waals surface area contributed by atoms with E-state index in [0.717, 1.165) is 5.56 Å². The van der Waals surface area contributed by atoms with Crippen molar-refractivity contribution in [3.63, 3.8) is 0 Å². The smallest absolute Gasteiger partial charge is 0.261 e. The van der Waals surface area contributed by atoms with E-state index < -0.39 is 6.10 Å². The summed E-state index contributed by atoms with van der Waals surface area (Å²) in [5.41, 5.74) is 0.837. The number of carbonyl (C=O) groups is 1. The second-order valence-corrected chi connectivity index (χ2v) is 5.34. The summed E-state index contributed by atoms with van der Waals surface area (Å²) in [5, 5.41) is 6.48. The Balaban J connectivity index is 2.80. The SMILES string of the molecule is C#CCNC(=O)C(C)Oc1cccc(Cl)c1CNC(C)C. The molecule has 21 heavy (non-hydrogen) atoms. The highest BCUT2D eigenvalue weighted by Crippen LogP contribution is 2.27. The largest absolute Gasteiger partial charge is 0.481 e. The quantitative estimate of drug-likeness (QED) is 0.760. The van der Waals surface area contributed by atoms with Crippen LogP contribution in [0.15, 0.2) is 18.2 Å². The molecule has 1 unspecified atom stereocenters. The van der Waals surface area contributed by atoms with Crippen molar-refractivity contribution in [2.75, 3.05) is 6.54 Å². The molecule has 1 rings (SSSR count). The molecule has 1 aromatic carbocycles. The molecule has 0 spiro atoms. The molecule has 0 fully saturated rings. The van der Waals surface area contributed by atoms with Crippen LogP contribution in [0.3, 0.4) is 0 Å². The molecule has 0 radical (unpaired) electrons. The maximum Gasteiger partial charge on any atom is 0.261 e. The van der Waals surface area contributed by atoms with E-state index in [4.69, 9.17) is 22.8 Å². The van der Waals surface area contributed by atoms with Gasteiger partial charge in [-0.2, -0.15) is 0 Å². The van der Waals surface area contributed by atoms with Crippen molar-refractivity contribution in [3.05, 3.63) is 28.8 Å². The number of amides is 1. The normalized spacial score (nSPS) is 11.8. The van der Waals surface area contributed by atoms with Crippen molar-refractivity contribution in [1.29, 1.82) is 0 Å². The van der Waals surface area contributed by atoms with Crippen molar-refractivity contribution in [1.82, 2.24) is 10.6 Å². The van der Waals surface area contributed by atoms with Crippen molar-refractivity contribution in [2.45, 2.75) is 39.5 Å². The second kappa shape index (κ2) is 8.56. The average molecular weight is 309 g/mol. The Morgan fingerprint density at radius 1 is 1.43 bits per heavy atom. The molecule has 0 aliphatic heterocycles. The van der Waals surface area contributed by atoms with Crippen molar-refractivity contribution in [3.8, 4) is 18.1 Å². The van der Waals surface area contributed by atoms with E-state index in [0.29, 0.717) is 23.4 Å². The van der Waals surface area contributed by atoms with Crippen LogP contribution in [0.25, 0.3) is 0 Å². The maximum absolute atomic E-state index is 11.8. The van der Waals surface area contributed by atoms with Crippen LogP contribution in [-0.2, 0) is 11.3 Å². The van der Waals surface area contributed by atoms with Gasteiger partial charge in [0.25, 0.3) is 5.91 Å². The minimum atomic E-state index is -0.644. The number of rotatable bonds is 7. The molecule has 0 saturated carbocycles. The summed E-state index contributed by atoms with van der Waals surface area (Å²) in [6.07, 6.45) is 4.47. The first-order valence-electron chi connectivity index (χ1n) is 6.84. The molecule has 4 nitrogen and oxygen atoms in total. The van der Waals surface area contributed by atoms with E-state index in [-0.39, 0.29) is 12.5 Å². The lowest BCUT2D eigenvalue weighted by atomic mass is 10.2. The topological polar surface area (TPSA) is 50.4 Å². The molecular formula is C16H21ClN2O2. The molecule has 0 heterocycles. The Morgan fingerprint density at radius 3 is 2.76 bits per heavy atom. The third-order valence-corrected chi connectivity index (χ3v) is 3.15. The maximum atomic E-state index is 11.8. The summed E-state index contributed by atoms with van der Waals surface area (Å²) in [6.45, 7) is 6.53. The van der Waals surface area contributed by atoms with Crippen molar-refractivity contribution < 1.29 is 9.53 Å². The average Bonchev–Trinajstić information content (AvgIpc) is 2.43. The van der Waals surface area contributed by atoms with Crippen LogP contribution in [-0.4, -0.2) is 24.6 Å². The first-order valence-corrected chi connectivity index (χ1v) is 7.22. The van der Waals surface area contributed by atoms with Gasteiger partial charge in [-0.15, -0.1) is 6.42 Å². The van der Waals surface area contributed by atoms with Gasteiger partial charge in [-0.1, -0.05) is 37.4 Å². The van der Waals surface area contributed by atoms with Crippen molar-refractivity contribution >= 4 is 17.5 Å². The Hall–Kier alpha value is -1.70. The zero-order valence-electron chi connectivity index (χ0n) is 12.6. The Kier molecular flexibility index (Phi) is 7.07. The molecule has 1 atom stereocenters. The van der Waals surface area contributed by atoms with Crippen LogP contribution in [0.5, 0.6) is 5.75 Å². The summed E-state index contributed by atoms with van der Waals surface area (Å²) in [4.78, 5) is 11.8. The van der Waals surface area contributed by atoms with Gasteiger partial charge in [0.15, 0.2) is 6.10 Å². The third-order valence-electron chi connectivity index (χ3n) is 2.80. The van der Waals surface area contributed by atoms with Crippen LogP contribution in [0.2, 0.25) is 5.02 Å². The van der Waals surface area contributed by atoms with Crippen LogP contribution >= 0.6 is 11.6 Å². The first kappa shape index (κ1) is 17.4. The highest BCUT2D eigenvalue weighted by Gasteiger charge is 2.17. The van der Waals surface area contributed by atoms with Gasteiger partial charge in [-0.3, -0.25) is 4.79 Å². The summed E-state index contributed by atoms with van der Waals surface area (Å²) in [7, 11) is 0. The monoisotopic (exact) mass is 308 g/mol. The van der Waals surface area contributed by atoms with Gasteiger partial charge < -0.3 is 15.4 Å². The fourth-order valence-electron chi connectivity index (χ4n) is 1.65. The summed E-state index contributed by atoms with van der Waals surface area (Å²) in [6, 6.07) is 5.72. The zero-order valence-corrected chi connectivity index (χ0v) is 13.3. The number of halogens is 1. The number of benzene rings is 1. The molecule has 0 bridgehead atoms. The number of hydrogen-bond donors (Lipinski definition) is 2. The van der Waals surface area contributed by atoms with E-state index in [1.54, 1.807) is 25.1 Å². The van der Waals surface area contributed by atoms with Gasteiger partial charge >= 0.3 is 0 Å². The van der Waals surface area contributed by atoms with Crippen LogP contribution in [0, 0.1) is 12.3 Å². The highest BCUT2D eigenvalue weighted by atomic mass is 35.5. The van der Waals surface area contributed by atoms with Gasteiger partial charge in [-0.25, -0.2) is 0 Å². The molecule has 0 aromatic heterocycles. The second-order valence-electron chi connectivity index (χ2n) is 4.93. The van der Waals surface area contributed by atoms with Gasteiger partial charge in [0.2, 0.25) is 0 Å². The van der Waals surface area contributed by atoms with E-state index in [1.807, 2.05) is 13.8 Å². The van der Waals surface area contributed by atoms with E-state index in [2.05, 4.69) is 16.6 Å². The van der Waals surface area contributed by atoms with Gasteiger partial charge in [0, 0.05) is 23.2 Å². The predicted molar refractivity (Wildman–Crippen MR) is 85.4 cm³/mol. The fourth-order valence-corrected chi connectivity index (χ4v) is 1.89. The molecule has 0 aliphatic rings. The number of carbonyl (C=O) groups excluding carboxylic acids is 1. The minimum Gasteiger partial charge on any atom is -0.481 e. The number of hydrogen-bond acceptors (Lipinski definition) is 3. The van der Waals surface area contributed by atoms with Crippen LogP contribution < -0.4 is 15.4 Å². The molecular weight excluding hydrogens is 288 g/mol. The molecule has 5 heteroatoms. The minimum absolute atomic E-state index is 0.184. The lowest BCUT2D eigenvalue weighted by molar-refractivity contribution is -0.127. The van der Waals surface area contributed by atoms with Gasteiger partial charge in [0.05, 0.1) is 6.54 Å². The zero-order chi connectivity index (χ0) is 15.8. The van der Waals surface area contributed by atoms with Crippen molar-refractivity contribution in [2.24, 2.45) is 0 Å². The molecule has 114 valence electrons. The Morgan fingerprint density at radius 2 is 2.14 bits per heavy atom. The van der Waals surface area contributed by atoms with Crippen LogP contribution in [0.1, 0.15) is 26.3 Å². The number of ether oxygens (including phenoxy) is 1. The van der Waals surface area contributed by atoms with E-state index in [9.17, 15) is 4.79 Å². The predicted octanol–water partition coefficient (Wildman–Crippen LogP) is 2.35. The van der Waals surface area contributed by atoms with Crippen LogP contribution in [0.4, 0.5) is 0 Å². The van der Waals surface area contributed by atoms with E-state index >= 15 is 0 Å². The summed E-state index contributed by atoms with van der Waals surface area (Å²) in [5.74, 6) is 2.69. The lowest BCUT2D eigenvalue weighted by Crippen LogP contribution is -2.36. The van der Waals surface area contributed by atoms with Gasteiger partial charge in [0.1, 0.15) is 5.75 Å². The summed E-state index contributed by atoms with van der Waals surface area (Å²) >= 11 is 6.21. The summed E-state index contributed by atoms with van der Waals surface area (Å²) < 4.78 is 5.71. The van der Waals surface area contributed by atoms with Gasteiger partial charge in [-0.05, 0) is 19.1 Å². The third kappa shape index (κ3) is 5.66. The Labute approximate surface area is 131 Å². The lowest BCUT2D eigenvalue weighted by Gasteiger charge is -2.18. The molecule has 1 aromatic rings. The fraction of sp³-hybridized carbons (Fsp3) is 0.438.